The van der Waals surface area contributed by atoms with Crippen LogP contribution in [0.1, 0.15) is 71.9 Å². The summed E-state index contributed by atoms with van der Waals surface area (Å²) < 4.78 is 8.26. The van der Waals surface area contributed by atoms with Crippen LogP contribution in [0, 0.1) is 0 Å². The number of thiophene rings is 1. The zero-order valence-corrected chi connectivity index (χ0v) is 25.1. The number of anilines is 1. The van der Waals surface area contributed by atoms with Gasteiger partial charge in [-0.3, -0.25) is 9.48 Å². The molecule has 1 aliphatic rings. The summed E-state index contributed by atoms with van der Waals surface area (Å²) >= 11 is 1.69. The highest BCUT2D eigenvalue weighted by Gasteiger charge is 2.32. The summed E-state index contributed by atoms with van der Waals surface area (Å²) in [5, 5.41) is 8.84. The number of benzene rings is 3. The van der Waals surface area contributed by atoms with Gasteiger partial charge in [0.1, 0.15) is 12.4 Å². The maximum absolute atomic E-state index is 14.5. The van der Waals surface area contributed by atoms with Crippen molar-refractivity contribution < 1.29 is 9.53 Å². The van der Waals surface area contributed by atoms with E-state index in [0.29, 0.717) is 19.1 Å². The van der Waals surface area contributed by atoms with Gasteiger partial charge in [-0.1, -0.05) is 68.4 Å². The van der Waals surface area contributed by atoms with Crippen LogP contribution in [0.2, 0.25) is 0 Å². The summed E-state index contributed by atoms with van der Waals surface area (Å²) in [7, 11) is 0. The van der Waals surface area contributed by atoms with Crippen molar-refractivity contribution in [3.05, 3.63) is 135 Å². The lowest BCUT2D eigenvalue weighted by Gasteiger charge is -2.32. The third kappa shape index (κ3) is 6.34. The fourth-order valence-corrected chi connectivity index (χ4v) is 6.45. The summed E-state index contributed by atoms with van der Waals surface area (Å²) in [5.74, 6) is 1.22. The van der Waals surface area contributed by atoms with Crippen LogP contribution in [0.4, 0.5) is 5.69 Å². The molecule has 0 N–H and O–H groups in total. The van der Waals surface area contributed by atoms with E-state index in [1.54, 1.807) is 11.3 Å². The minimum absolute atomic E-state index is 0.124. The van der Waals surface area contributed by atoms with Gasteiger partial charge in [-0.15, -0.1) is 0 Å². The second kappa shape index (κ2) is 12.8. The average Bonchev–Trinajstić information content (AvgIpc) is 3.71. The van der Waals surface area contributed by atoms with Gasteiger partial charge in [0.05, 0.1) is 25.2 Å². The van der Waals surface area contributed by atoms with Crippen LogP contribution in [-0.2, 0) is 30.9 Å². The molecule has 6 heteroatoms. The Morgan fingerprint density at radius 1 is 1.00 bits per heavy atom. The van der Waals surface area contributed by atoms with Gasteiger partial charge in [0.25, 0.3) is 0 Å². The number of hydrogen-bond acceptors (Lipinski definition) is 4. The number of rotatable bonds is 10. The molecule has 5 nitrogen and oxygen atoms in total. The molecule has 1 unspecified atom stereocenters. The summed E-state index contributed by atoms with van der Waals surface area (Å²) in [5.41, 5.74) is 7.81. The maximum atomic E-state index is 14.5. The number of aromatic nitrogens is 2. The predicted molar refractivity (Wildman–Crippen MR) is 170 cm³/mol. The minimum Gasteiger partial charge on any atom is -0.489 e. The van der Waals surface area contributed by atoms with Crippen LogP contribution in [0.15, 0.2) is 102 Å². The van der Waals surface area contributed by atoms with Gasteiger partial charge in [0, 0.05) is 17.4 Å². The van der Waals surface area contributed by atoms with Crippen LogP contribution in [-0.4, -0.2) is 15.7 Å². The topological polar surface area (TPSA) is 47.4 Å². The van der Waals surface area contributed by atoms with Crippen LogP contribution in [0.5, 0.6) is 5.75 Å². The van der Waals surface area contributed by atoms with E-state index in [1.165, 1.54) is 11.1 Å². The van der Waals surface area contributed by atoms with Crippen molar-refractivity contribution in [1.29, 1.82) is 0 Å². The van der Waals surface area contributed by atoms with Crippen LogP contribution in [0.3, 0.4) is 0 Å². The highest BCUT2D eigenvalue weighted by molar-refractivity contribution is 7.07. The molecule has 0 aliphatic heterocycles. The second-order valence-electron chi connectivity index (χ2n) is 11.4. The third-order valence-electron chi connectivity index (χ3n) is 8.09. The molecule has 214 valence electrons. The van der Waals surface area contributed by atoms with Crippen molar-refractivity contribution in [2.75, 3.05) is 4.90 Å². The highest BCUT2D eigenvalue weighted by atomic mass is 32.1. The smallest absolute Gasteiger partial charge is 0.234 e. The molecule has 1 amide bonds. The number of carbonyl (C=O) groups excluding carboxylic acids is 1. The number of nitrogens with zero attached hydrogens (tertiary/aromatic N) is 3. The number of fused-ring (bicyclic) bond motifs is 1. The molecule has 0 radical (unpaired) electrons. The Bertz CT molecular complexity index is 1610. The molecule has 0 bridgehead atoms. The molecule has 0 saturated carbocycles. The van der Waals surface area contributed by atoms with Crippen LogP contribution < -0.4 is 9.64 Å². The molecular weight excluding hydrogens is 538 g/mol. The molecule has 0 fully saturated rings. The Morgan fingerprint density at radius 3 is 2.60 bits per heavy atom. The van der Waals surface area contributed by atoms with E-state index in [4.69, 9.17) is 4.74 Å². The Hall–Kier alpha value is -4.16. The maximum Gasteiger partial charge on any atom is 0.234 e. The van der Waals surface area contributed by atoms with E-state index < -0.39 is 0 Å². The normalized spacial score (nSPS) is 14.5. The molecule has 1 atom stereocenters. The predicted octanol–water partition coefficient (Wildman–Crippen LogP) is 8.35. The number of hydrogen-bond donors (Lipinski definition) is 0. The van der Waals surface area contributed by atoms with E-state index in [1.807, 2.05) is 46.1 Å². The molecule has 3 aromatic carbocycles. The Morgan fingerprint density at radius 2 is 1.83 bits per heavy atom. The lowest BCUT2D eigenvalue weighted by atomic mass is 9.81. The van der Waals surface area contributed by atoms with Gasteiger partial charge in [0.2, 0.25) is 5.91 Å². The Labute approximate surface area is 252 Å². The monoisotopic (exact) mass is 575 g/mol. The molecule has 1 aliphatic carbocycles. The van der Waals surface area contributed by atoms with Gasteiger partial charge in [-0.2, -0.15) is 16.4 Å². The summed E-state index contributed by atoms with van der Waals surface area (Å²) in [4.78, 5) is 16.4. The number of carbonyl (C=O) groups is 1. The first-order valence-corrected chi connectivity index (χ1v) is 15.7. The minimum atomic E-state index is -0.223. The summed E-state index contributed by atoms with van der Waals surface area (Å²) in [6.07, 6.45) is 6.65. The first-order valence-electron chi connectivity index (χ1n) is 14.8. The fourth-order valence-electron chi connectivity index (χ4n) is 5.79. The average molecular weight is 576 g/mol. The summed E-state index contributed by atoms with van der Waals surface area (Å²) in [6.45, 7) is 6.09. The number of amides is 1. The van der Waals surface area contributed by atoms with E-state index in [2.05, 4.69) is 84.4 Å². The molecule has 6 rings (SSSR count). The zero-order chi connectivity index (χ0) is 28.9. The van der Waals surface area contributed by atoms with E-state index >= 15 is 0 Å². The van der Waals surface area contributed by atoms with Crippen molar-refractivity contribution in [3.63, 3.8) is 0 Å². The molecule has 2 aromatic heterocycles. The molecule has 2 heterocycles. The Balaban J connectivity index is 1.28. The number of ether oxygens (including phenoxy) is 1. The third-order valence-corrected chi connectivity index (χ3v) is 8.82. The molecule has 0 saturated heterocycles. The van der Waals surface area contributed by atoms with Gasteiger partial charge in [-0.25, -0.2) is 0 Å². The largest absolute Gasteiger partial charge is 0.489 e. The van der Waals surface area contributed by atoms with Crippen molar-refractivity contribution in [2.45, 2.75) is 64.6 Å². The van der Waals surface area contributed by atoms with E-state index in [9.17, 15) is 4.79 Å². The standard InChI is InChI=1S/C36H37N3O2S/c1-26(2)30-14-16-31(17-15-30)39(23-29-20-37-38(22-29)21-28-18-19-42-25-28)36(40)34-12-6-11-33-32(34)10-7-13-35(33)41-24-27-8-4-3-5-9-27/h3-5,7-10,13-20,22,25-26,34H,6,11-12,21,23-24H2,1-2H3. The zero-order valence-electron chi connectivity index (χ0n) is 24.3. The molecule has 5 aromatic rings. The highest BCUT2D eigenvalue weighted by Crippen LogP contribution is 2.39. The van der Waals surface area contributed by atoms with Gasteiger partial charge >= 0.3 is 0 Å². The fraction of sp³-hybridized carbons (Fsp3) is 0.278. The van der Waals surface area contributed by atoms with Crippen molar-refractivity contribution in [2.24, 2.45) is 0 Å². The molecule has 0 spiro atoms. The SMILES string of the molecule is CC(C)c1ccc(N(Cc2cnn(Cc3ccsc3)c2)C(=O)C2CCCc3c(OCc4ccccc4)cccc32)cc1. The Kier molecular flexibility index (Phi) is 8.52. The van der Waals surface area contributed by atoms with Gasteiger partial charge in [0.15, 0.2) is 0 Å². The molecule has 42 heavy (non-hydrogen) atoms. The quantitative estimate of drug-likeness (QED) is 0.168. The first kappa shape index (κ1) is 28.0. The lowest BCUT2D eigenvalue weighted by molar-refractivity contribution is -0.120. The van der Waals surface area contributed by atoms with E-state index in [0.717, 1.165) is 59.5 Å². The summed E-state index contributed by atoms with van der Waals surface area (Å²) in [6, 6.07) is 27.0. The van der Waals surface area contributed by atoms with Crippen molar-refractivity contribution in [3.8, 4) is 5.75 Å². The van der Waals surface area contributed by atoms with Gasteiger partial charge < -0.3 is 9.64 Å². The van der Waals surface area contributed by atoms with Crippen molar-refractivity contribution in [1.82, 2.24) is 9.78 Å². The van der Waals surface area contributed by atoms with Crippen LogP contribution >= 0.6 is 11.3 Å². The second-order valence-corrected chi connectivity index (χ2v) is 12.2. The first-order chi connectivity index (χ1) is 20.5. The van der Waals surface area contributed by atoms with Crippen LogP contribution in [0.25, 0.3) is 0 Å². The lowest BCUT2D eigenvalue weighted by Crippen LogP contribution is -2.36. The van der Waals surface area contributed by atoms with Gasteiger partial charge in [-0.05, 0) is 88.0 Å². The van der Waals surface area contributed by atoms with Crippen molar-refractivity contribution >= 4 is 22.9 Å². The molecular formula is C36H37N3O2S. The van der Waals surface area contributed by atoms with E-state index in [-0.39, 0.29) is 11.8 Å².